The Morgan fingerprint density at radius 2 is 1.67 bits per heavy atom. The van der Waals surface area contributed by atoms with Crippen LogP contribution in [-0.2, 0) is 16.8 Å². The first-order valence-corrected chi connectivity index (χ1v) is 7.72. The Balaban J connectivity index is 1.57. The van der Waals surface area contributed by atoms with Crippen molar-refractivity contribution in [3.05, 3.63) is 71.8 Å². The van der Waals surface area contributed by atoms with Crippen LogP contribution >= 0.6 is 0 Å². The van der Waals surface area contributed by atoms with E-state index in [4.69, 9.17) is 10.5 Å². The van der Waals surface area contributed by atoms with Crippen molar-refractivity contribution in [3.8, 4) is 0 Å². The van der Waals surface area contributed by atoms with Crippen molar-refractivity contribution in [1.29, 1.82) is 0 Å². The average Bonchev–Trinajstić information content (AvgIpc) is 3.24. The van der Waals surface area contributed by atoms with Gasteiger partial charge in [0, 0.05) is 5.41 Å². The predicted molar refractivity (Wildman–Crippen MR) is 86.0 cm³/mol. The minimum atomic E-state index is 0.257. The highest BCUT2D eigenvalue weighted by Gasteiger charge is 2.54. The molecule has 2 aromatic rings. The fraction of sp³-hybridized carbons (Fsp3) is 0.368. The summed E-state index contributed by atoms with van der Waals surface area (Å²) in [4.78, 5) is 0. The molecule has 1 aliphatic carbocycles. The van der Waals surface area contributed by atoms with E-state index in [-0.39, 0.29) is 5.41 Å². The average molecular weight is 281 g/mol. The standard InChI is InChI=1S/C19H23NO/c20-12-11-19(17-9-5-2-6-10-17)13-18(19)15-21-14-16-7-3-1-4-8-16/h1-10,18H,11-15,20H2. The van der Waals surface area contributed by atoms with Gasteiger partial charge in [0.1, 0.15) is 0 Å². The Kier molecular flexibility index (Phi) is 4.37. The molecule has 2 N–H and O–H groups in total. The maximum absolute atomic E-state index is 5.93. The number of hydrogen-bond acceptors (Lipinski definition) is 2. The number of rotatable bonds is 7. The molecule has 0 spiro atoms. The molecule has 2 heteroatoms. The van der Waals surface area contributed by atoms with E-state index in [0.717, 1.165) is 19.6 Å². The highest BCUT2D eigenvalue weighted by atomic mass is 16.5. The van der Waals surface area contributed by atoms with Crippen LogP contribution < -0.4 is 5.73 Å². The smallest absolute Gasteiger partial charge is 0.0717 e. The van der Waals surface area contributed by atoms with Crippen LogP contribution in [0, 0.1) is 5.92 Å². The molecule has 1 fully saturated rings. The first kappa shape index (κ1) is 14.3. The van der Waals surface area contributed by atoms with Crippen LogP contribution in [0.1, 0.15) is 24.0 Å². The molecule has 2 aromatic carbocycles. The second-order valence-electron chi connectivity index (χ2n) is 5.96. The molecule has 2 atom stereocenters. The molecule has 0 aromatic heterocycles. The molecule has 0 amide bonds. The molecule has 2 nitrogen and oxygen atoms in total. The van der Waals surface area contributed by atoms with Crippen LogP contribution in [0.3, 0.4) is 0 Å². The van der Waals surface area contributed by atoms with E-state index < -0.39 is 0 Å². The molecule has 0 saturated heterocycles. The van der Waals surface area contributed by atoms with Crippen LogP contribution in [0.15, 0.2) is 60.7 Å². The summed E-state index contributed by atoms with van der Waals surface area (Å²) in [7, 11) is 0. The largest absolute Gasteiger partial charge is 0.376 e. The maximum atomic E-state index is 5.93. The van der Waals surface area contributed by atoms with E-state index >= 15 is 0 Å². The second-order valence-corrected chi connectivity index (χ2v) is 5.96. The third-order valence-electron chi connectivity index (χ3n) is 4.60. The van der Waals surface area contributed by atoms with Crippen molar-refractivity contribution in [2.75, 3.05) is 13.2 Å². The normalized spacial score (nSPS) is 24.0. The van der Waals surface area contributed by atoms with Gasteiger partial charge >= 0.3 is 0 Å². The monoisotopic (exact) mass is 281 g/mol. The number of hydrogen-bond donors (Lipinski definition) is 1. The number of ether oxygens (including phenoxy) is 1. The molecule has 3 rings (SSSR count). The van der Waals surface area contributed by atoms with Gasteiger partial charge in [0.15, 0.2) is 0 Å². The Labute approximate surface area is 126 Å². The van der Waals surface area contributed by atoms with Gasteiger partial charge in [-0.1, -0.05) is 60.7 Å². The zero-order valence-corrected chi connectivity index (χ0v) is 12.4. The van der Waals surface area contributed by atoms with Gasteiger partial charge in [-0.3, -0.25) is 0 Å². The Morgan fingerprint density at radius 3 is 2.33 bits per heavy atom. The van der Waals surface area contributed by atoms with E-state index in [1.165, 1.54) is 17.5 Å². The summed E-state index contributed by atoms with van der Waals surface area (Å²) >= 11 is 0. The van der Waals surface area contributed by atoms with Crippen molar-refractivity contribution < 1.29 is 4.74 Å². The Hall–Kier alpha value is -1.64. The van der Waals surface area contributed by atoms with Crippen LogP contribution in [0.4, 0.5) is 0 Å². The first-order chi connectivity index (χ1) is 10.3. The van der Waals surface area contributed by atoms with Crippen molar-refractivity contribution >= 4 is 0 Å². The molecule has 1 saturated carbocycles. The van der Waals surface area contributed by atoms with Gasteiger partial charge in [0.2, 0.25) is 0 Å². The van der Waals surface area contributed by atoms with Crippen LogP contribution in [-0.4, -0.2) is 13.2 Å². The van der Waals surface area contributed by atoms with Crippen LogP contribution in [0.25, 0.3) is 0 Å². The molecule has 110 valence electrons. The van der Waals surface area contributed by atoms with Gasteiger partial charge in [-0.2, -0.15) is 0 Å². The number of nitrogens with two attached hydrogens (primary N) is 1. The molecule has 0 aliphatic heterocycles. The summed E-state index contributed by atoms with van der Waals surface area (Å²) in [6.07, 6.45) is 2.25. The summed E-state index contributed by atoms with van der Waals surface area (Å²) < 4.78 is 5.93. The Morgan fingerprint density at radius 1 is 1.00 bits per heavy atom. The predicted octanol–water partition coefficient (Wildman–Crippen LogP) is 3.51. The summed E-state index contributed by atoms with van der Waals surface area (Å²) in [5.41, 5.74) is 8.75. The molecular weight excluding hydrogens is 258 g/mol. The van der Waals surface area contributed by atoms with Gasteiger partial charge in [0.05, 0.1) is 13.2 Å². The minimum absolute atomic E-state index is 0.257. The topological polar surface area (TPSA) is 35.2 Å². The van der Waals surface area contributed by atoms with Gasteiger partial charge in [0.25, 0.3) is 0 Å². The van der Waals surface area contributed by atoms with Gasteiger partial charge < -0.3 is 10.5 Å². The summed E-state index contributed by atoms with van der Waals surface area (Å²) in [5.74, 6) is 0.604. The second kappa shape index (κ2) is 6.42. The summed E-state index contributed by atoms with van der Waals surface area (Å²) in [6, 6.07) is 21.1. The first-order valence-electron chi connectivity index (χ1n) is 7.72. The third-order valence-corrected chi connectivity index (χ3v) is 4.60. The molecule has 1 aliphatic rings. The van der Waals surface area contributed by atoms with E-state index in [1.807, 2.05) is 6.07 Å². The van der Waals surface area contributed by atoms with E-state index in [9.17, 15) is 0 Å². The lowest BCUT2D eigenvalue weighted by atomic mass is 9.90. The number of benzene rings is 2. The van der Waals surface area contributed by atoms with Crippen molar-refractivity contribution in [3.63, 3.8) is 0 Å². The molecular formula is C19H23NO. The molecule has 0 radical (unpaired) electrons. The van der Waals surface area contributed by atoms with Crippen molar-refractivity contribution in [2.24, 2.45) is 11.7 Å². The van der Waals surface area contributed by atoms with Crippen molar-refractivity contribution in [2.45, 2.75) is 24.9 Å². The van der Waals surface area contributed by atoms with Crippen LogP contribution in [0.2, 0.25) is 0 Å². The molecule has 21 heavy (non-hydrogen) atoms. The zero-order chi connectivity index (χ0) is 14.5. The van der Waals surface area contributed by atoms with E-state index in [0.29, 0.717) is 12.5 Å². The summed E-state index contributed by atoms with van der Waals surface area (Å²) in [5, 5.41) is 0. The van der Waals surface area contributed by atoms with Crippen LogP contribution in [0.5, 0.6) is 0 Å². The molecule has 0 heterocycles. The lowest BCUT2D eigenvalue weighted by Gasteiger charge is -2.17. The minimum Gasteiger partial charge on any atom is -0.376 e. The zero-order valence-electron chi connectivity index (χ0n) is 12.4. The quantitative estimate of drug-likeness (QED) is 0.843. The Bertz CT molecular complexity index is 554. The van der Waals surface area contributed by atoms with Crippen molar-refractivity contribution in [1.82, 2.24) is 0 Å². The molecule has 2 unspecified atom stereocenters. The van der Waals surface area contributed by atoms with E-state index in [2.05, 4.69) is 54.6 Å². The lowest BCUT2D eigenvalue weighted by Crippen LogP contribution is -2.18. The maximum Gasteiger partial charge on any atom is 0.0717 e. The highest BCUT2D eigenvalue weighted by molar-refractivity contribution is 5.33. The SMILES string of the molecule is NCCC1(c2ccccc2)CC1COCc1ccccc1. The van der Waals surface area contributed by atoms with Gasteiger partial charge in [-0.15, -0.1) is 0 Å². The van der Waals surface area contributed by atoms with Gasteiger partial charge in [-0.05, 0) is 36.4 Å². The van der Waals surface area contributed by atoms with Gasteiger partial charge in [-0.25, -0.2) is 0 Å². The third kappa shape index (κ3) is 3.17. The fourth-order valence-corrected chi connectivity index (χ4v) is 3.32. The fourth-order valence-electron chi connectivity index (χ4n) is 3.32. The summed E-state index contributed by atoms with van der Waals surface area (Å²) in [6.45, 7) is 2.26. The van der Waals surface area contributed by atoms with E-state index in [1.54, 1.807) is 0 Å². The lowest BCUT2D eigenvalue weighted by molar-refractivity contribution is 0.105. The highest BCUT2D eigenvalue weighted by Crippen LogP contribution is 2.56. The molecule has 0 bridgehead atoms.